The van der Waals surface area contributed by atoms with Gasteiger partial charge in [-0.2, -0.15) is 0 Å². The monoisotopic (exact) mass is 229 g/mol. The lowest BCUT2D eigenvalue weighted by atomic mass is 9.77. The fourth-order valence-corrected chi connectivity index (χ4v) is 2.83. The number of hydrogen-bond donors (Lipinski definition) is 1. The largest absolute Gasteiger partial charge is 0.307 e. The maximum atomic E-state index is 3.66. The van der Waals surface area contributed by atoms with Crippen LogP contribution in [0.15, 0.2) is 0 Å². The highest BCUT2D eigenvalue weighted by molar-refractivity contribution is 4.95. The Bertz CT molecular complexity index is 152. The summed E-state index contributed by atoms with van der Waals surface area (Å²) in [6.07, 6.45) is 5.24. The zero-order valence-corrected chi connectivity index (χ0v) is 11.9. The van der Waals surface area contributed by atoms with Gasteiger partial charge in [-0.15, -0.1) is 0 Å². The van der Waals surface area contributed by atoms with Gasteiger partial charge >= 0.3 is 0 Å². The van der Waals surface area contributed by atoms with Gasteiger partial charge in [-0.3, -0.25) is 0 Å². The third-order valence-corrected chi connectivity index (χ3v) is 2.89. The zero-order chi connectivity index (χ0) is 12.1. The molecule has 0 aromatic rings. The summed E-state index contributed by atoms with van der Waals surface area (Å²) in [5.74, 6) is 0.862. The molecule has 1 rings (SSSR count). The Morgan fingerprint density at radius 2 is 1.25 bits per heavy atom. The molecule has 0 radical (unpaired) electrons. The molecule has 1 heterocycles. The van der Waals surface area contributed by atoms with Crippen molar-refractivity contribution in [3.63, 3.8) is 0 Å². The Balaban J connectivity index is 0. The van der Waals surface area contributed by atoms with E-state index in [9.17, 15) is 0 Å². The van der Waals surface area contributed by atoms with Crippen molar-refractivity contribution in [2.24, 2.45) is 5.92 Å². The highest BCUT2D eigenvalue weighted by Crippen LogP contribution is 2.31. The fourth-order valence-electron chi connectivity index (χ4n) is 2.83. The molecule has 1 nitrogen and oxygen atoms in total. The standard InChI is InChI=1S/C10H21N.C4H10.CH4/c1-8-6-9(2,3)11-10(4,5)7-8;1-3-4-2;/h8,11H,6-7H2,1-5H3;3-4H2,1-2H3;1H4. The van der Waals surface area contributed by atoms with Crippen LogP contribution in [0.3, 0.4) is 0 Å². The molecule has 0 bridgehead atoms. The SMILES string of the molecule is C.CC1CC(C)(C)NC(C)(C)C1.CCCC. The second-order valence-corrected chi connectivity index (χ2v) is 6.41. The predicted octanol–water partition coefficient (Wildman–Crippen LogP) is 5.01. The van der Waals surface area contributed by atoms with Crippen LogP contribution >= 0.6 is 0 Å². The third-order valence-electron chi connectivity index (χ3n) is 2.89. The Morgan fingerprint density at radius 1 is 0.938 bits per heavy atom. The van der Waals surface area contributed by atoms with E-state index in [1.807, 2.05) is 0 Å². The minimum atomic E-state index is 0. The van der Waals surface area contributed by atoms with E-state index in [4.69, 9.17) is 0 Å². The summed E-state index contributed by atoms with van der Waals surface area (Å²) in [6, 6.07) is 0. The quantitative estimate of drug-likeness (QED) is 0.667. The summed E-state index contributed by atoms with van der Waals surface area (Å²) in [6.45, 7) is 15.9. The molecule has 0 aromatic carbocycles. The summed E-state index contributed by atoms with van der Waals surface area (Å²) in [5, 5.41) is 3.66. The maximum absolute atomic E-state index is 3.66. The van der Waals surface area contributed by atoms with Gasteiger partial charge in [-0.05, 0) is 46.5 Å². The van der Waals surface area contributed by atoms with Crippen molar-refractivity contribution >= 4 is 0 Å². The summed E-state index contributed by atoms with van der Waals surface area (Å²) in [7, 11) is 0. The molecule has 1 fully saturated rings. The lowest BCUT2D eigenvalue weighted by Gasteiger charge is -2.45. The first-order valence-corrected chi connectivity index (χ1v) is 6.52. The topological polar surface area (TPSA) is 12.0 Å². The van der Waals surface area contributed by atoms with Gasteiger partial charge < -0.3 is 5.32 Å². The minimum Gasteiger partial charge on any atom is -0.307 e. The molecule has 16 heavy (non-hydrogen) atoms. The molecule has 1 heteroatoms. The van der Waals surface area contributed by atoms with Gasteiger partial charge in [-0.25, -0.2) is 0 Å². The molecule has 0 unspecified atom stereocenters. The van der Waals surface area contributed by atoms with E-state index < -0.39 is 0 Å². The lowest BCUT2D eigenvalue weighted by molar-refractivity contribution is 0.138. The summed E-state index contributed by atoms with van der Waals surface area (Å²) in [4.78, 5) is 0. The molecule has 0 atom stereocenters. The van der Waals surface area contributed by atoms with Gasteiger partial charge in [0, 0.05) is 11.1 Å². The smallest absolute Gasteiger partial charge is 0.0132 e. The van der Waals surface area contributed by atoms with Crippen LogP contribution in [0.25, 0.3) is 0 Å². The van der Waals surface area contributed by atoms with E-state index >= 15 is 0 Å². The van der Waals surface area contributed by atoms with Crippen molar-refractivity contribution in [3.8, 4) is 0 Å². The van der Waals surface area contributed by atoms with Crippen molar-refractivity contribution in [1.82, 2.24) is 5.32 Å². The molecule has 0 spiro atoms. The fraction of sp³-hybridized carbons (Fsp3) is 1.00. The molecule has 1 N–H and O–H groups in total. The van der Waals surface area contributed by atoms with E-state index in [1.165, 1.54) is 25.7 Å². The first kappa shape index (κ1) is 18.3. The van der Waals surface area contributed by atoms with Gasteiger partial charge in [0.15, 0.2) is 0 Å². The van der Waals surface area contributed by atoms with Crippen LogP contribution in [-0.4, -0.2) is 11.1 Å². The second-order valence-electron chi connectivity index (χ2n) is 6.41. The van der Waals surface area contributed by atoms with Gasteiger partial charge in [-0.1, -0.05) is 41.0 Å². The van der Waals surface area contributed by atoms with Crippen LogP contribution in [0.1, 0.15) is 81.6 Å². The van der Waals surface area contributed by atoms with E-state index in [0.717, 1.165) is 5.92 Å². The van der Waals surface area contributed by atoms with Crippen LogP contribution in [0.4, 0.5) is 0 Å². The van der Waals surface area contributed by atoms with Crippen molar-refractivity contribution in [1.29, 1.82) is 0 Å². The van der Waals surface area contributed by atoms with Crippen molar-refractivity contribution in [2.75, 3.05) is 0 Å². The first-order valence-electron chi connectivity index (χ1n) is 6.52. The number of unbranched alkanes of at least 4 members (excludes halogenated alkanes) is 1. The summed E-state index contributed by atoms with van der Waals surface area (Å²) >= 11 is 0. The number of nitrogens with one attached hydrogen (secondary N) is 1. The first-order chi connectivity index (χ1) is 6.72. The average molecular weight is 229 g/mol. The normalized spacial score (nSPS) is 22.7. The highest BCUT2D eigenvalue weighted by atomic mass is 15.0. The van der Waals surface area contributed by atoms with E-state index in [-0.39, 0.29) is 7.43 Å². The van der Waals surface area contributed by atoms with Crippen LogP contribution in [-0.2, 0) is 0 Å². The molecule has 100 valence electrons. The summed E-state index contributed by atoms with van der Waals surface area (Å²) < 4.78 is 0. The van der Waals surface area contributed by atoms with E-state index in [0.29, 0.717) is 11.1 Å². The molecule has 0 saturated carbocycles. The summed E-state index contributed by atoms with van der Waals surface area (Å²) in [5.41, 5.74) is 0.669. The van der Waals surface area contributed by atoms with Crippen LogP contribution < -0.4 is 5.32 Å². The maximum Gasteiger partial charge on any atom is 0.0132 e. The number of rotatable bonds is 1. The number of piperidine rings is 1. The van der Waals surface area contributed by atoms with Crippen LogP contribution in [0, 0.1) is 5.92 Å². The molecular formula is C15H35N. The van der Waals surface area contributed by atoms with Crippen molar-refractivity contribution in [2.45, 2.75) is 92.7 Å². The molecule has 1 saturated heterocycles. The highest BCUT2D eigenvalue weighted by Gasteiger charge is 2.35. The zero-order valence-electron chi connectivity index (χ0n) is 11.9. The molecule has 0 amide bonds. The van der Waals surface area contributed by atoms with Gasteiger partial charge in [0.05, 0.1) is 0 Å². The third kappa shape index (κ3) is 8.15. The Hall–Kier alpha value is -0.0400. The van der Waals surface area contributed by atoms with Crippen molar-refractivity contribution in [3.05, 3.63) is 0 Å². The predicted molar refractivity (Wildman–Crippen MR) is 77.0 cm³/mol. The lowest BCUT2D eigenvalue weighted by Crippen LogP contribution is -2.57. The Labute approximate surface area is 104 Å². The van der Waals surface area contributed by atoms with Crippen LogP contribution in [0.2, 0.25) is 0 Å². The molecule has 1 aliphatic heterocycles. The van der Waals surface area contributed by atoms with E-state index in [1.54, 1.807) is 0 Å². The Morgan fingerprint density at radius 3 is 1.44 bits per heavy atom. The Kier molecular flexibility index (Phi) is 8.38. The molecular weight excluding hydrogens is 194 g/mol. The van der Waals surface area contributed by atoms with Gasteiger partial charge in [0.25, 0.3) is 0 Å². The minimum absolute atomic E-state index is 0. The van der Waals surface area contributed by atoms with Crippen molar-refractivity contribution < 1.29 is 0 Å². The molecule has 1 aliphatic rings. The average Bonchev–Trinajstić information content (AvgIpc) is 1.97. The van der Waals surface area contributed by atoms with Crippen LogP contribution in [0.5, 0.6) is 0 Å². The molecule has 0 aliphatic carbocycles. The number of hydrogen-bond acceptors (Lipinski definition) is 1. The van der Waals surface area contributed by atoms with Gasteiger partial charge in [0.1, 0.15) is 0 Å². The second kappa shape index (κ2) is 7.32. The van der Waals surface area contributed by atoms with E-state index in [2.05, 4.69) is 53.8 Å². The van der Waals surface area contributed by atoms with Gasteiger partial charge in [0.2, 0.25) is 0 Å². The molecule has 0 aromatic heterocycles.